The number of carbonyl (C=O) groups is 1. The number of ether oxygens (including phenoxy) is 1. The molecule has 2 N–H and O–H groups in total. The number of anilines is 1. The molecule has 0 amide bonds. The maximum atomic E-state index is 12.3. The molecule has 1 atom stereocenters. The Morgan fingerprint density at radius 3 is 2.86 bits per heavy atom. The van der Waals surface area contributed by atoms with Gasteiger partial charge in [-0.2, -0.15) is 0 Å². The minimum absolute atomic E-state index is 0.410. The van der Waals surface area contributed by atoms with E-state index in [-0.39, 0.29) is 0 Å². The molecule has 0 fully saturated rings. The Morgan fingerprint density at radius 2 is 2.14 bits per heavy atom. The van der Waals surface area contributed by atoms with E-state index in [1.54, 1.807) is 36.4 Å². The molecule has 22 heavy (non-hydrogen) atoms. The zero-order valence-corrected chi connectivity index (χ0v) is 12.5. The highest BCUT2D eigenvalue weighted by Gasteiger charge is 2.26. The summed E-state index contributed by atoms with van der Waals surface area (Å²) >= 11 is 6.25. The average molecular weight is 317 g/mol. The molecule has 1 unspecified atom stereocenters. The first-order valence-electron chi connectivity index (χ1n) is 6.56. The Hall–Kier alpha value is -2.53. The fourth-order valence-corrected chi connectivity index (χ4v) is 2.69. The van der Waals surface area contributed by atoms with E-state index >= 15 is 0 Å². The van der Waals surface area contributed by atoms with Gasteiger partial charge in [-0.1, -0.05) is 23.7 Å². The van der Waals surface area contributed by atoms with E-state index < -0.39 is 11.9 Å². The minimum atomic E-state index is -0.660. The van der Waals surface area contributed by atoms with Crippen LogP contribution in [-0.4, -0.2) is 18.1 Å². The van der Waals surface area contributed by atoms with Gasteiger partial charge in [-0.3, -0.25) is 4.79 Å². The van der Waals surface area contributed by atoms with Gasteiger partial charge in [0.1, 0.15) is 11.4 Å². The topological polar surface area (TPSA) is 78.3 Å². The van der Waals surface area contributed by atoms with Gasteiger partial charge in [0.05, 0.1) is 7.11 Å². The molecular formula is C16H13ClN2O3. The molecule has 0 bridgehead atoms. The number of benzene rings is 2. The predicted molar refractivity (Wildman–Crippen MR) is 83.7 cm³/mol. The van der Waals surface area contributed by atoms with Crippen LogP contribution in [0.4, 0.5) is 5.69 Å². The Morgan fingerprint density at radius 1 is 1.32 bits per heavy atom. The summed E-state index contributed by atoms with van der Waals surface area (Å²) in [6.45, 7) is 0. The van der Waals surface area contributed by atoms with Crippen molar-refractivity contribution in [2.75, 3.05) is 12.8 Å². The number of methoxy groups -OCH3 is 1. The number of halogens is 1. The van der Waals surface area contributed by atoms with Crippen LogP contribution in [0.5, 0.6) is 0 Å². The Bertz CT molecular complexity index is 844. The smallest absolute Gasteiger partial charge is 0.317 e. The molecule has 1 heterocycles. The molecule has 3 aromatic rings. The first-order chi connectivity index (χ1) is 10.6. The molecule has 5 nitrogen and oxygen atoms in total. The number of hydrogen-bond donors (Lipinski definition) is 1. The van der Waals surface area contributed by atoms with Crippen molar-refractivity contribution in [1.29, 1.82) is 0 Å². The molecule has 0 aliphatic heterocycles. The van der Waals surface area contributed by atoms with E-state index in [0.29, 0.717) is 27.4 Å². The number of nitrogens with two attached hydrogens (primary N) is 1. The van der Waals surface area contributed by atoms with Gasteiger partial charge < -0.3 is 14.9 Å². The summed E-state index contributed by atoms with van der Waals surface area (Å²) in [6.07, 6.45) is 1.36. The summed E-state index contributed by atoms with van der Waals surface area (Å²) in [7, 11) is 1.34. The molecule has 0 aliphatic rings. The molecule has 0 radical (unpaired) electrons. The van der Waals surface area contributed by atoms with E-state index in [2.05, 4.69) is 4.98 Å². The van der Waals surface area contributed by atoms with Crippen LogP contribution in [0.3, 0.4) is 0 Å². The van der Waals surface area contributed by atoms with Crippen molar-refractivity contribution in [3.05, 3.63) is 58.9 Å². The van der Waals surface area contributed by atoms with Crippen molar-refractivity contribution in [2.45, 2.75) is 5.92 Å². The standard InChI is InChI=1S/C16H13ClN2O3/c1-21-16(20)15(11-4-3-10(18)7-12(11)17)9-2-5-13-14(6-9)22-8-19-13/h2-8,15H,18H2,1H3. The van der Waals surface area contributed by atoms with E-state index in [1.165, 1.54) is 13.5 Å². The third kappa shape index (κ3) is 2.51. The molecule has 1 aromatic heterocycles. The molecule has 6 heteroatoms. The van der Waals surface area contributed by atoms with Crippen molar-refractivity contribution >= 4 is 34.4 Å². The maximum Gasteiger partial charge on any atom is 0.317 e. The van der Waals surface area contributed by atoms with Gasteiger partial charge in [-0.25, -0.2) is 4.98 Å². The van der Waals surface area contributed by atoms with Gasteiger partial charge in [-0.15, -0.1) is 0 Å². The molecular weight excluding hydrogens is 304 g/mol. The molecule has 0 aliphatic carbocycles. The Balaban J connectivity index is 2.15. The zero-order valence-electron chi connectivity index (χ0n) is 11.7. The van der Waals surface area contributed by atoms with Gasteiger partial charge in [0.2, 0.25) is 0 Å². The van der Waals surface area contributed by atoms with Gasteiger partial charge in [0.15, 0.2) is 12.0 Å². The number of oxazole rings is 1. The van der Waals surface area contributed by atoms with Gasteiger partial charge in [-0.05, 0) is 35.4 Å². The van der Waals surface area contributed by atoms with Crippen LogP contribution < -0.4 is 5.73 Å². The van der Waals surface area contributed by atoms with Crippen LogP contribution in [0.1, 0.15) is 17.0 Å². The first-order valence-corrected chi connectivity index (χ1v) is 6.94. The highest BCUT2D eigenvalue weighted by molar-refractivity contribution is 6.32. The van der Waals surface area contributed by atoms with Crippen LogP contribution >= 0.6 is 11.6 Å². The third-order valence-corrected chi connectivity index (χ3v) is 3.79. The van der Waals surface area contributed by atoms with Crippen molar-refractivity contribution in [1.82, 2.24) is 4.98 Å². The number of nitrogen functional groups attached to an aromatic ring is 1. The van der Waals surface area contributed by atoms with Crippen LogP contribution in [0.15, 0.2) is 47.2 Å². The number of rotatable bonds is 3. The summed E-state index contributed by atoms with van der Waals surface area (Å²) in [4.78, 5) is 16.3. The number of aromatic nitrogens is 1. The monoisotopic (exact) mass is 316 g/mol. The van der Waals surface area contributed by atoms with Crippen molar-refractivity contribution < 1.29 is 13.9 Å². The highest BCUT2D eigenvalue weighted by atomic mass is 35.5. The lowest BCUT2D eigenvalue weighted by Crippen LogP contribution is -2.16. The summed E-state index contributed by atoms with van der Waals surface area (Å²) < 4.78 is 10.2. The fraction of sp³-hybridized carbons (Fsp3) is 0.125. The third-order valence-electron chi connectivity index (χ3n) is 3.46. The van der Waals surface area contributed by atoms with Crippen molar-refractivity contribution in [3.8, 4) is 0 Å². The minimum Gasteiger partial charge on any atom is -0.468 e. The summed E-state index contributed by atoms with van der Waals surface area (Å²) in [5.41, 5.74) is 8.89. The van der Waals surface area contributed by atoms with E-state index in [9.17, 15) is 4.79 Å². The fourth-order valence-electron chi connectivity index (χ4n) is 2.39. The van der Waals surface area contributed by atoms with Gasteiger partial charge >= 0.3 is 5.97 Å². The van der Waals surface area contributed by atoms with Crippen molar-refractivity contribution in [2.24, 2.45) is 0 Å². The second-order valence-corrected chi connectivity index (χ2v) is 5.22. The normalized spacial score (nSPS) is 12.3. The average Bonchev–Trinajstić information content (AvgIpc) is 2.97. The molecule has 2 aromatic carbocycles. The molecule has 3 rings (SSSR count). The van der Waals surface area contributed by atoms with Gasteiger partial charge in [0.25, 0.3) is 0 Å². The molecule has 0 saturated carbocycles. The molecule has 112 valence electrons. The summed E-state index contributed by atoms with van der Waals surface area (Å²) in [6, 6.07) is 10.4. The zero-order chi connectivity index (χ0) is 15.7. The van der Waals surface area contributed by atoms with Crippen LogP contribution in [0.2, 0.25) is 5.02 Å². The highest BCUT2D eigenvalue weighted by Crippen LogP contribution is 2.33. The number of hydrogen-bond acceptors (Lipinski definition) is 5. The van der Waals surface area contributed by atoms with Gasteiger partial charge in [0, 0.05) is 10.7 Å². The van der Waals surface area contributed by atoms with Crippen LogP contribution in [-0.2, 0) is 9.53 Å². The number of esters is 1. The summed E-state index contributed by atoms with van der Waals surface area (Å²) in [5, 5.41) is 0.410. The Labute approximate surface area is 131 Å². The lowest BCUT2D eigenvalue weighted by molar-refractivity contribution is -0.141. The lowest BCUT2D eigenvalue weighted by Gasteiger charge is -2.17. The molecule has 0 spiro atoms. The Kier molecular flexibility index (Phi) is 3.73. The summed E-state index contributed by atoms with van der Waals surface area (Å²) in [5.74, 6) is -1.07. The van der Waals surface area contributed by atoms with Crippen molar-refractivity contribution in [3.63, 3.8) is 0 Å². The number of fused-ring (bicyclic) bond motifs is 1. The van der Waals surface area contributed by atoms with E-state index in [4.69, 9.17) is 26.5 Å². The quantitative estimate of drug-likeness (QED) is 0.592. The number of nitrogens with zero attached hydrogens (tertiary/aromatic N) is 1. The van der Waals surface area contributed by atoms with Crippen LogP contribution in [0.25, 0.3) is 11.1 Å². The van der Waals surface area contributed by atoms with Crippen LogP contribution in [0, 0.1) is 0 Å². The van der Waals surface area contributed by atoms with E-state index in [1.807, 2.05) is 0 Å². The molecule has 0 saturated heterocycles. The predicted octanol–water partition coefficient (Wildman–Crippen LogP) is 3.37. The maximum absolute atomic E-state index is 12.3. The second kappa shape index (κ2) is 5.69. The largest absolute Gasteiger partial charge is 0.468 e. The second-order valence-electron chi connectivity index (χ2n) is 4.82. The van der Waals surface area contributed by atoms with E-state index in [0.717, 1.165) is 5.52 Å². The lowest BCUT2D eigenvalue weighted by atomic mass is 9.91. The first kappa shape index (κ1) is 14.4. The number of carbonyl (C=O) groups excluding carboxylic acids is 1. The SMILES string of the molecule is COC(=O)C(c1ccc2ncoc2c1)c1ccc(N)cc1Cl.